The van der Waals surface area contributed by atoms with Crippen LogP contribution in [0.25, 0.3) is 0 Å². The first-order chi connectivity index (χ1) is 10.4. The Labute approximate surface area is 134 Å². The maximum Gasteiger partial charge on any atom is 0.265 e. The van der Waals surface area contributed by atoms with Crippen LogP contribution in [0.15, 0.2) is 5.51 Å². The molecule has 2 heterocycles. The number of primary sulfonamides is 1. The van der Waals surface area contributed by atoms with Crippen molar-refractivity contribution in [2.45, 2.75) is 38.0 Å². The van der Waals surface area contributed by atoms with Crippen LogP contribution in [0.1, 0.15) is 53.4 Å². The van der Waals surface area contributed by atoms with E-state index in [0.29, 0.717) is 25.4 Å². The van der Waals surface area contributed by atoms with Crippen LogP contribution >= 0.6 is 11.3 Å². The van der Waals surface area contributed by atoms with Gasteiger partial charge in [-0.2, -0.15) is 0 Å². The first-order valence-corrected chi connectivity index (χ1v) is 10.3. The van der Waals surface area contributed by atoms with E-state index < -0.39 is 10.0 Å². The summed E-state index contributed by atoms with van der Waals surface area (Å²) in [4.78, 5) is 19.6. The molecule has 2 fully saturated rings. The van der Waals surface area contributed by atoms with Crippen molar-refractivity contribution in [3.8, 4) is 0 Å². The second kappa shape index (κ2) is 6.25. The van der Waals surface area contributed by atoms with Crippen molar-refractivity contribution < 1.29 is 13.2 Å². The van der Waals surface area contributed by atoms with Crippen molar-refractivity contribution in [3.63, 3.8) is 0 Å². The van der Waals surface area contributed by atoms with Gasteiger partial charge >= 0.3 is 0 Å². The molecule has 3 rings (SSSR count). The molecule has 1 atom stereocenters. The van der Waals surface area contributed by atoms with E-state index >= 15 is 0 Å². The number of hydrogen-bond donors (Lipinski definition) is 1. The number of carbonyl (C=O) groups excluding carboxylic acids is 1. The van der Waals surface area contributed by atoms with Gasteiger partial charge in [-0.3, -0.25) is 4.79 Å². The summed E-state index contributed by atoms with van der Waals surface area (Å²) in [6.07, 6.45) is 5.32. The highest BCUT2D eigenvalue weighted by Gasteiger charge is 2.32. The Balaban J connectivity index is 1.69. The summed E-state index contributed by atoms with van der Waals surface area (Å²) in [6, 6.07) is 0. The molecule has 1 saturated heterocycles. The van der Waals surface area contributed by atoms with Crippen LogP contribution in [0.5, 0.6) is 0 Å². The first kappa shape index (κ1) is 15.9. The number of aromatic nitrogens is 1. The van der Waals surface area contributed by atoms with Crippen molar-refractivity contribution in [1.82, 2.24) is 9.88 Å². The highest BCUT2D eigenvalue weighted by atomic mass is 32.2. The number of amides is 1. The zero-order chi connectivity index (χ0) is 15.7. The van der Waals surface area contributed by atoms with Gasteiger partial charge in [-0.1, -0.05) is 12.8 Å². The minimum atomic E-state index is -3.48. The number of likely N-dealkylation sites (tertiary alicyclic amines) is 1. The summed E-state index contributed by atoms with van der Waals surface area (Å²) >= 11 is 1.40. The molecule has 1 aliphatic heterocycles. The molecule has 2 aliphatic rings. The summed E-state index contributed by atoms with van der Waals surface area (Å²) < 4.78 is 22.4. The van der Waals surface area contributed by atoms with Gasteiger partial charge < -0.3 is 4.90 Å². The van der Waals surface area contributed by atoms with Crippen LogP contribution in [0.2, 0.25) is 0 Å². The molecule has 1 saturated carbocycles. The van der Waals surface area contributed by atoms with Gasteiger partial charge in [-0.15, -0.1) is 11.3 Å². The van der Waals surface area contributed by atoms with Crippen molar-refractivity contribution in [3.05, 3.63) is 16.1 Å². The van der Waals surface area contributed by atoms with Gasteiger partial charge in [0.05, 0.1) is 17.0 Å². The molecule has 0 radical (unpaired) electrons. The molecule has 22 heavy (non-hydrogen) atoms. The highest BCUT2D eigenvalue weighted by Crippen LogP contribution is 2.37. The molecule has 2 N–H and O–H groups in total. The molecule has 0 aromatic carbocycles. The number of nitrogens with zero attached hydrogens (tertiary/aromatic N) is 2. The maximum atomic E-state index is 12.7. The summed E-state index contributed by atoms with van der Waals surface area (Å²) in [7, 11) is -3.48. The maximum absolute atomic E-state index is 12.7. The van der Waals surface area contributed by atoms with Crippen molar-refractivity contribution in [1.29, 1.82) is 0 Å². The van der Waals surface area contributed by atoms with Crippen LogP contribution in [-0.4, -0.2) is 43.1 Å². The van der Waals surface area contributed by atoms with Gasteiger partial charge in [0.1, 0.15) is 4.88 Å². The van der Waals surface area contributed by atoms with E-state index in [2.05, 4.69) is 4.98 Å². The van der Waals surface area contributed by atoms with E-state index in [1.54, 1.807) is 10.4 Å². The predicted molar refractivity (Wildman–Crippen MR) is 85.3 cm³/mol. The van der Waals surface area contributed by atoms with E-state index in [4.69, 9.17) is 5.14 Å². The van der Waals surface area contributed by atoms with Gasteiger partial charge in [0, 0.05) is 19.0 Å². The number of hydrogen-bond acceptors (Lipinski definition) is 5. The SMILES string of the molecule is NS(=O)(=O)CC1CCN(C(=O)c2scnc2C2CCCC2)C1. The monoisotopic (exact) mass is 343 g/mol. The van der Waals surface area contributed by atoms with Crippen LogP contribution in [0.4, 0.5) is 0 Å². The van der Waals surface area contributed by atoms with Gasteiger partial charge in [-0.25, -0.2) is 18.5 Å². The summed E-state index contributed by atoms with van der Waals surface area (Å²) in [5.41, 5.74) is 2.70. The number of thiazole rings is 1. The van der Waals surface area contributed by atoms with E-state index in [-0.39, 0.29) is 17.6 Å². The topological polar surface area (TPSA) is 93.4 Å². The Morgan fingerprint density at radius 2 is 2.09 bits per heavy atom. The molecule has 122 valence electrons. The number of carbonyl (C=O) groups is 1. The average molecular weight is 343 g/mol. The lowest BCUT2D eigenvalue weighted by atomic mass is 10.0. The van der Waals surface area contributed by atoms with E-state index in [1.165, 1.54) is 24.2 Å². The third kappa shape index (κ3) is 3.49. The molecular formula is C14H21N3O3S2. The standard InChI is InChI=1S/C14H21N3O3S2/c15-22(19,20)8-10-5-6-17(7-10)14(18)13-12(16-9-21-13)11-3-1-2-4-11/h9-11H,1-8H2,(H2,15,19,20). The Bertz CT molecular complexity index is 650. The number of rotatable bonds is 4. The molecule has 1 unspecified atom stereocenters. The zero-order valence-corrected chi connectivity index (χ0v) is 14.0. The van der Waals surface area contributed by atoms with Gasteiger partial charge in [0.25, 0.3) is 5.91 Å². The number of sulfonamides is 1. The lowest BCUT2D eigenvalue weighted by Gasteiger charge is -2.17. The fourth-order valence-electron chi connectivity index (χ4n) is 3.53. The predicted octanol–water partition coefficient (Wildman–Crippen LogP) is 1.55. The van der Waals surface area contributed by atoms with Gasteiger partial charge in [-0.05, 0) is 25.2 Å². The van der Waals surface area contributed by atoms with E-state index in [0.717, 1.165) is 23.4 Å². The summed E-state index contributed by atoms with van der Waals surface area (Å²) in [5, 5.41) is 5.10. The van der Waals surface area contributed by atoms with Crippen LogP contribution in [-0.2, 0) is 10.0 Å². The van der Waals surface area contributed by atoms with Crippen LogP contribution in [0.3, 0.4) is 0 Å². The molecule has 6 nitrogen and oxygen atoms in total. The summed E-state index contributed by atoms with van der Waals surface area (Å²) in [6.45, 7) is 1.07. The largest absolute Gasteiger partial charge is 0.338 e. The lowest BCUT2D eigenvalue weighted by Crippen LogP contribution is -2.31. The average Bonchev–Trinajstić information content (AvgIpc) is 3.17. The Kier molecular flexibility index (Phi) is 4.52. The molecule has 8 heteroatoms. The van der Waals surface area contributed by atoms with Gasteiger partial charge in [0.2, 0.25) is 10.0 Å². The third-order valence-electron chi connectivity index (χ3n) is 4.57. The molecule has 1 aromatic heterocycles. The third-order valence-corrected chi connectivity index (χ3v) is 6.34. The molecule has 1 aromatic rings. The lowest BCUT2D eigenvalue weighted by molar-refractivity contribution is 0.0791. The van der Waals surface area contributed by atoms with Crippen LogP contribution in [0, 0.1) is 5.92 Å². The Morgan fingerprint density at radius 3 is 2.77 bits per heavy atom. The Hall–Kier alpha value is -0.990. The molecule has 1 amide bonds. The van der Waals surface area contributed by atoms with E-state index in [1.807, 2.05) is 0 Å². The Morgan fingerprint density at radius 1 is 1.36 bits per heavy atom. The van der Waals surface area contributed by atoms with Crippen LogP contribution < -0.4 is 5.14 Å². The zero-order valence-electron chi connectivity index (χ0n) is 12.4. The fourth-order valence-corrected chi connectivity index (χ4v) is 5.30. The minimum Gasteiger partial charge on any atom is -0.338 e. The first-order valence-electron chi connectivity index (χ1n) is 7.67. The number of nitrogens with two attached hydrogens (primary N) is 1. The minimum absolute atomic E-state index is 0.00122. The molecule has 1 aliphatic carbocycles. The van der Waals surface area contributed by atoms with Gasteiger partial charge in [0.15, 0.2) is 0 Å². The van der Waals surface area contributed by atoms with E-state index in [9.17, 15) is 13.2 Å². The van der Waals surface area contributed by atoms with Crippen molar-refractivity contribution in [2.75, 3.05) is 18.8 Å². The van der Waals surface area contributed by atoms with Crippen molar-refractivity contribution in [2.24, 2.45) is 11.1 Å². The molecule has 0 spiro atoms. The molecule has 0 bridgehead atoms. The fraction of sp³-hybridized carbons (Fsp3) is 0.714. The second-order valence-corrected chi connectivity index (χ2v) is 8.80. The smallest absolute Gasteiger partial charge is 0.265 e. The van der Waals surface area contributed by atoms with Crippen molar-refractivity contribution >= 4 is 27.3 Å². The normalized spacial score (nSPS) is 23.3. The summed E-state index contributed by atoms with van der Waals surface area (Å²) in [5.74, 6) is 0.311. The quantitative estimate of drug-likeness (QED) is 0.897. The highest BCUT2D eigenvalue weighted by molar-refractivity contribution is 7.89. The second-order valence-electron chi connectivity index (χ2n) is 6.28. The molecular weight excluding hydrogens is 322 g/mol.